The van der Waals surface area contributed by atoms with E-state index in [4.69, 9.17) is 5.73 Å². The number of sulfonamides is 1. The van der Waals surface area contributed by atoms with Crippen LogP contribution in [0.5, 0.6) is 0 Å². The van der Waals surface area contributed by atoms with Crippen molar-refractivity contribution in [2.75, 3.05) is 0 Å². The molecule has 6 nitrogen and oxygen atoms in total. The van der Waals surface area contributed by atoms with Crippen LogP contribution in [-0.4, -0.2) is 18.6 Å². The lowest BCUT2D eigenvalue weighted by molar-refractivity contribution is 0.569. The maximum atomic E-state index is 12.1. The van der Waals surface area contributed by atoms with Crippen LogP contribution in [0.2, 0.25) is 0 Å². The Balaban J connectivity index is 2.17. The van der Waals surface area contributed by atoms with Gasteiger partial charge in [-0.05, 0) is 23.9 Å². The Kier molecular flexibility index (Phi) is 3.81. The van der Waals surface area contributed by atoms with Gasteiger partial charge in [0, 0.05) is 24.3 Å². The molecule has 0 aromatic carbocycles. The minimum atomic E-state index is -3.50. The molecular weight excluding hydrogens is 272 g/mol. The molecule has 18 heavy (non-hydrogen) atoms. The van der Waals surface area contributed by atoms with Gasteiger partial charge in [-0.15, -0.1) is 11.3 Å². The highest BCUT2D eigenvalue weighted by atomic mass is 32.2. The van der Waals surface area contributed by atoms with Crippen LogP contribution < -0.4 is 10.5 Å². The Bertz CT molecular complexity index is 604. The lowest BCUT2D eigenvalue weighted by Crippen LogP contribution is -2.26. The summed E-state index contributed by atoms with van der Waals surface area (Å²) in [5, 5.41) is 8.19. The van der Waals surface area contributed by atoms with E-state index in [1.807, 2.05) is 0 Å². The standard InChI is InChI=1S/C10H14N4O2S2/c1-7(9-4-12-13-5-9)14-18(15,16)10-2-8(3-11)6-17-10/h2,4-7,14H,3,11H2,1H3,(H,12,13). The van der Waals surface area contributed by atoms with E-state index in [1.165, 1.54) is 11.3 Å². The Morgan fingerprint density at radius 3 is 2.94 bits per heavy atom. The molecule has 2 rings (SSSR count). The quantitative estimate of drug-likeness (QED) is 0.762. The maximum absolute atomic E-state index is 12.1. The summed E-state index contributed by atoms with van der Waals surface area (Å²) in [7, 11) is -3.50. The molecule has 2 aromatic heterocycles. The summed E-state index contributed by atoms with van der Waals surface area (Å²) in [5.41, 5.74) is 7.07. The fraction of sp³-hybridized carbons (Fsp3) is 0.300. The lowest BCUT2D eigenvalue weighted by Gasteiger charge is -2.11. The number of nitrogens with two attached hydrogens (primary N) is 1. The van der Waals surface area contributed by atoms with Gasteiger partial charge >= 0.3 is 0 Å². The Morgan fingerprint density at radius 2 is 2.39 bits per heavy atom. The second-order valence-electron chi connectivity index (χ2n) is 3.85. The maximum Gasteiger partial charge on any atom is 0.250 e. The van der Waals surface area contributed by atoms with Gasteiger partial charge in [0.25, 0.3) is 10.0 Å². The molecule has 0 bridgehead atoms. The third kappa shape index (κ3) is 2.78. The Hall–Kier alpha value is -1.22. The van der Waals surface area contributed by atoms with Crippen LogP contribution in [0.4, 0.5) is 0 Å². The second kappa shape index (κ2) is 5.19. The first kappa shape index (κ1) is 13.2. The van der Waals surface area contributed by atoms with Gasteiger partial charge in [-0.25, -0.2) is 13.1 Å². The van der Waals surface area contributed by atoms with Crippen molar-refractivity contribution < 1.29 is 8.42 Å². The molecule has 0 aliphatic rings. The van der Waals surface area contributed by atoms with Gasteiger partial charge < -0.3 is 5.73 Å². The van der Waals surface area contributed by atoms with E-state index in [0.717, 1.165) is 11.1 Å². The van der Waals surface area contributed by atoms with E-state index in [-0.39, 0.29) is 10.3 Å². The van der Waals surface area contributed by atoms with Crippen molar-refractivity contribution in [3.8, 4) is 0 Å². The largest absolute Gasteiger partial charge is 0.326 e. The van der Waals surface area contributed by atoms with Crippen molar-refractivity contribution in [1.29, 1.82) is 0 Å². The van der Waals surface area contributed by atoms with Crippen LogP contribution in [0.15, 0.2) is 28.0 Å². The fourth-order valence-electron chi connectivity index (χ4n) is 1.46. The molecule has 4 N–H and O–H groups in total. The molecular formula is C10H14N4O2S2. The number of hydrogen-bond donors (Lipinski definition) is 3. The van der Waals surface area contributed by atoms with Gasteiger partial charge in [-0.1, -0.05) is 0 Å². The molecule has 2 aromatic rings. The van der Waals surface area contributed by atoms with E-state index in [2.05, 4.69) is 14.9 Å². The molecule has 0 radical (unpaired) electrons. The Morgan fingerprint density at radius 1 is 1.61 bits per heavy atom. The van der Waals surface area contributed by atoms with Gasteiger partial charge in [0.1, 0.15) is 4.21 Å². The van der Waals surface area contributed by atoms with Gasteiger partial charge in [-0.2, -0.15) is 5.10 Å². The summed E-state index contributed by atoms with van der Waals surface area (Å²) in [4.78, 5) is 0. The molecule has 0 aliphatic carbocycles. The van der Waals surface area contributed by atoms with Crippen molar-refractivity contribution in [3.05, 3.63) is 35.0 Å². The lowest BCUT2D eigenvalue weighted by atomic mass is 10.2. The fourth-order valence-corrected chi connectivity index (χ4v) is 3.93. The van der Waals surface area contributed by atoms with Crippen LogP contribution in [0.1, 0.15) is 24.1 Å². The predicted molar refractivity (Wildman–Crippen MR) is 69.5 cm³/mol. The summed E-state index contributed by atoms with van der Waals surface area (Å²) in [6.07, 6.45) is 3.25. The zero-order valence-corrected chi connectivity index (χ0v) is 11.4. The van der Waals surface area contributed by atoms with Gasteiger partial charge in [0.05, 0.1) is 6.20 Å². The number of nitrogens with one attached hydrogen (secondary N) is 2. The summed E-state index contributed by atoms with van der Waals surface area (Å²) < 4.78 is 27.1. The van der Waals surface area contributed by atoms with E-state index in [9.17, 15) is 8.42 Å². The van der Waals surface area contributed by atoms with Crippen LogP contribution in [0, 0.1) is 0 Å². The molecule has 0 spiro atoms. The van der Waals surface area contributed by atoms with E-state index >= 15 is 0 Å². The first-order valence-corrected chi connectivity index (χ1v) is 7.67. The highest BCUT2D eigenvalue weighted by Gasteiger charge is 2.20. The second-order valence-corrected chi connectivity index (χ2v) is 6.70. The number of aromatic nitrogens is 2. The molecule has 8 heteroatoms. The number of rotatable bonds is 5. The zero-order chi connectivity index (χ0) is 13.2. The minimum absolute atomic E-state index is 0.276. The zero-order valence-electron chi connectivity index (χ0n) is 9.75. The first-order chi connectivity index (χ1) is 8.53. The summed E-state index contributed by atoms with van der Waals surface area (Å²) in [6, 6.07) is 1.26. The third-order valence-electron chi connectivity index (χ3n) is 2.48. The molecule has 98 valence electrons. The van der Waals surface area contributed by atoms with Crippen LogP contribution in [-0.2, 0) is 16.6 Å². The number of thiophene rings is 1. The predicted octanol–water partition coefficient (Wildman–Crippen LogP) is 0.969. The topological polar surface area (TPSA) is 101 Å². The average Bonchev–Trinajstić information content (AvgIpc) is 3.00. The van der Waals surface area contributed by atoms with Gasteiger partial charge in [0.15, 0.2) is 0 Å². The number of aromatic amines is 1. The molecule has 0 saturated heterocycles. The highest BCUT2D eigenvalue weighted by Crippen LogP contribution is 2.22. The molecule has 1 unspecified atom stereocenters. The van der Waals surface area contributed by atoms with E-state index in [0.29, 0.717) is 6.54 Å². The molecule has 1 atom stereocenters. The van der Waals surface area contributed by atoms with Crippen LogP contribution in [0.25, 0.3) is 0 Å². The number of H-pyrrole nitrogens is 1. The van der Waals surface area contributed by atoms with Crippen molar-refractivity contribution in [3.63, 3.8) is 0 Å². The van der Waals surface area contributed by atoms with Crippen molar-refractivity contribution >= 4 is 21.4 Å². The molecule has 0 saturated carbocycles. The van der Waals surface area contributed by atoms with E-state index in [1.54, 1.807) is 30.8 Å². The molecule has 0 aliphatic heterocycles. The SMILES string of the molecule is CC(NS(=O)(=O)c1cc(CN)cs1)c1cn[nH]c1. The number of nitrogens with zero attached hydrogens (tertiary/aromatic N) is 1. The molecule has 0 amide bonds. The van der Waals surface area contributed by atoms with Crippen LogP contribution >= 0.6 is 11.3 Å². The Labute approximate surface area is 109 Å². The van der Waals surface area contributed by atoms with Gasteiger partial charge in [0.2, 0.25) is 0 Å². The summed E-state index contributed by atoms with van der Waals surface area (Å²) in [5.74, 6) is 0. The normalized spacial score (nSPS) is 13.7. The summed E-state index contributed by atoms with van der Waals surface area (Å²) >= 11 is 1.17. The van der Waals surface area contributed by atoms with Crippen molar-refractivity contribution in [2.45, 2.75) is 23.7 Å². The van der Waals surface area contributed by atoms with Gasteiger partial charge in [-0.3, -0.25) is 5.10 Å². The van der Waals surface area contributed by atoms with E-state index < -0.39 is 10.0 Å². The summed E-state index contributed by atoms with van der Waals surface area (Å²) in [6.45, 7) is 2.10. The number of hydrogen-bond acceptors (Lipinski definition) is 5. The van der Waals surface area contributed by atoms with Crippen molar-refractivity contribution in [1.82, 2.24) is 14.9 Å². The third-order valence-corrected chi connectivity index (χ3v) is 5.51. The monoisotopic (exact) mass is 286 g/mol. The minimum Gasteiger partial charge on any atom is -0.326 e. The van der Waals surface area contributed by atoms with Crippen molar-refractivity contribution in [2.24, 2.45) is 5.73 Å². The average molecular weight is 286 g/mol. The molecule has 2 heterocycles. The van der Waals surface area contributed by atoms with Crippen LogP contribution in [0.3, 0.4) is 0 Å². The molecule has 0 fully saturated rings. The highest BCUT2D eigenvalue weighted by molar-refractivity contribution is 7.91. The first-order valence-electron chi connectivity index (χ1n) is 5.31. The smallest absolute Gasteiger partial charge is 0.250 e.